The van der Waals surface area contributed by atoms with Crippen LogP contribution in [0.5, 0.6) is 5.75 Å². The largest absolute Gasteiger partial charge is 0.497 e. The Morgan fingerprint density at radius 1 is 1.29 bits per heavy atom. The van der Waals surface area contributed by atoms with E-state index in [1.165, 1.54) is 4.80 Å². The zero-order valence-electron chi connectivity index (χ0n) is 7.71. The average molecular weight is 189 g/mol. The highest BCUT2D eigenvalue weighted by atomic mass is 16.5. The maximum atomic E-state index is 5.04. The summed E-state index contributed by atoms with van der Waals surface area (Å²) in [7, 11) is 5.13. The van der Waals surface area contributed by atoms with Gasteiger partial charge in [0.05, 0.1) is 7.11 Å². The molecular weight excluding hydrogens is 180 g/mol. The van der Waals surface area contributed by atoms with Crippen LogP contribution in [0.2, 0.25) is 0 Å². The molecule has 0 saturated heterocycles. The second-order valence-corrected chi connectivity index (χ2v) is 2.71. The maximum absolute atomic E-state index is 5.04. The Morgan fingerprint density at radius 2 is 2.00 bits per heavy atom. The first-order valence-electron chi connectivity index (χ1n) is 4.05. The Labute approximate surface area is 81.3 Å². The number of rotatable bonds is 2. The van der Waals surface area contributed by atoms with Crippen molar-refractivity contribution in [1.29, 1.82) is 0 Å². The summed E-state index contributed by atoms with van der Waals surface area (Å²) in [4.78, 5) is 1.18. The normalized spacial score (nSPS) is 10.1. The van der Waals surface area contributed by atoms with Crippen LogP contribution < -0.4 is 4.74 Å². The molecule has 0 aliphatic carbocycles. The molecule has 0 aliphatic heterocycles. The first-order chi connectivity index (χ1) is 6.79. The van der Waals surface area contributed by atoms with Crippen molar-refractivity contribution in [2.75, 3.05) is 7.11 Å². The van der Waals surface area contributed by atoms with Crippen molar-refractivity contribution in [3.63, 3.8) is 0 Å². The SMILES string of the molecule is [CH2-]n1nnc(-c2ccc(OC)cc2)n1. The van der Waals surface area contributed by atoms with Crippen molar-refractivity contribution >= 4 is 0 Å². The van der Waals surface area contributed by atoms with Gasteiger partial charge in [-0.3, -0.25) is 7.05 Å². The van der Waals surface area contributed by atoms with Crippen LogP contribution in [0.15, 0.2) is 24.3 Å². The summed E-state index contributed by atoms with van der Waals surface area (Å²) >= 11 is 0. The molecule has 0 unspecified atom stereocenters. The van der Waals surface area contributed by atoms with Gasteiger partial charge in [0.2, 0.25) is 5.82 Å². The van der Waals surface area contributed by atoms with Gasteiger partial charge < -0.3 is 9.53 Å². The molecule has 0 bridgehead atoms. The van der Waals surface area contributed by atoms with Crippen molar-refractivity contribution in [2.24, 2.45) is 0 Å². The van der Waals surface area contributed by atoms with Crippen LogP contribution in [-0.2, 0) is 0 Å². The molecule has 0 fully saturated rings. The number of hydrogen-bond donors (Lipinski definition) is 0. The third kappa shape index (κ3) is 1.52. The average Bonchev–Trinajstić information content (AvgIpc) is 2.65. The highest BCUT2D eigenvalue weighted by Gasteiger charge is 2.01. The molecule has 5 heteroatoms. The Hall–Kier alpha value is -2.04. The summed E-state index contributed by atoms with van der Waals surface area (Å²) in [6.07, 6.45) is 0. The van der Waals surface area contributed by atoms with Gasteiger partial charge in [-0.15, -0.1) is 5.10 Å². The molecule has 1 aromatic heterocycles. The number of methoxy groups -OCH3 is 1. The lowest BCUT2D eigenvalue weighted by Gasteiger charge is -1.99. The molecule has 0 saturated carbocycles. The summed E-state index contributed by atoms with van der Waals surface area (Å²) in [6, 6.07) is 7.43. The molecule has 0 spiro atoms. The van der Waals surface area contributed by atoms with Crippen molar-refractivity contribution in [1.82, 2.24) is 20.2 Å². The molecule has 72 valence electrons. The maximum Gasteiger partial charge on any atom is 0.202 e. The van der Waals surface area contributed by atoms with Crippen LogP contribution in [0.4, 0.5) is 0 Å². The van der Waals surface area contributed by atoms with Crippen LogP contribution in [0.3, 0.4) is 0 Å². The second kappa shape index (κ2) is 3.37. The third-order valence-electron chi connectivity index (χ3n) is 1.80. The number of ether oxygens (including phenoxy) is 1. The fourth-order valence-corrected chi connectivity index (χ4v) is 1.10. The van der Waals surface area contributed by atoms with Crippen molar-refractivity contribution in [3.8, 4) is 17.1 Å². The van der Waals surface area contributed by atoms with E-state index in [0.29, 0.717) is 5.82 Å². The molecule has 1 heterocycles. The lowest BCUT2D eigenvalue weighted by Crippen LogP contribution is -1.89. The lowest BCUT2D eigenvalue weighted by atomic mass is 10.2. The van der Waals surface area contributed by atoms with E-state index in [0.717, 1.165) is 11.3 Å². The molecule has 5 nitrogen and oxygen atoms in total. The van der Waals surface area contributed by atoms with Gasteiger partial charge in [-0.25, -0.2) is 0 Å². The Bertz CT molecular complexity index is 421. The molecule has 2 rings (SSSR count). The lowest BCUT2D eigenvalue weighted by molar-refractivity contribution is 0.415. The van der Waals surface area contributed by atoms with Crippen molar-refractivity contribution in [3.05, 3.63) is 31.3 Å². The summed E-state index contributed by atoms with van der Waals surface area (Å²) in [5, 5.41) is 11.5. The molecule has 1 aromatic carbocycles. The number of aromatic nitrogens is 4. The Kier molecular flexibility index (Phi) is 2.06. The summed E-state index contributed by atoms with van der Waals surface area (Å²) in [5.74, 6) is 1.36. The van der Waals surface area contributed by atoms with Crippen LogP contribution >= 0.6 is 0 Å². The fourth-order valence-electron chi connectivity index (χ4n) is 1.10. The number of benzene rings is 1. The van der Waals surface area contributed by atoms with Gasteiger partial charge in [-0.05, 0) is 24.3 Å². The van der Waals surface area contributed by atoms with E-state index in [2.05, 4.69) is 22.5 Å². The molecule has 0 N–H and O–H groups in total. The summed E-state index contributed by atoms with van der Waals surface area (Å²) in [5.41, 5.74) is 0.890. The van der Waals surface area contributed by atoms with Gasteiger partial charge in [0.15, 0.2) is 0 Å². The third-order valence-corrected chi connectivity index (χ3v) is 1.80. The van der Waals surface area contributed by atoms with E-state index in [-0.39, 0.29) is 0 Å². The predicted octanol–water partition coefficient (Wildman–Crippen LogP) is 0.988. The van der Waals surface area contributed by atoms with Crippen LogP contribution in [0.25, 0.3) is 11.4 Å². The monoisotopic (exact) mass is 189 g/mol. The molecular formula is C9H9N4O-. The van der Waals surface area contributed by atoms with Crippen molar-refractivity contribution in [2.45, 2.75) is 0 Å². The minimum Gasteiger partial charge on any atom is -0.497 e. The summed E-state index contributed by atoms with van der Waals surface area (Å²) in [6.45, 7) is 0. The van der Waals surface area contributed by atoms with E-state index in [9.17, 15) is 0 Å². The second-order valence-electron chi connectivity index (χ2n) is 2.71. The van der Waals surface area contributed by atoms with Crippen LogP contribution in [0.1, 0.15) is 0 Å². The molecule has 0 amide bonds. The van der Waals surface area contributed by atoms with Crippen molar-refractivity contribution < 1.29 is 4.74 Å². The fraction of sp³-hybridized carbons (Fsp3) is 0.111. The molecule has 14 heavy (non-hydrogen) atoms. The number of nitrogens with zero attached hydrogens (tertiary/aromatic N) is 4. The topological polar surface area (TPSA) is 52.8 Å². The molecule has 0 radical (unpaired) electrons. The minimum atomic E-state index is 0.558. The van der Waals surface area contributed by atoms with Gasteiger partial charge in [0, 0.05) is 5.56 Å². The first kappa shape index (κ1) is 8.55. The minimum absolute atomic E-state index is 0.558. The van der Waals surface area contributed by atoms with Crippen LogP contribution in [0, 0.1) is 7.05 Å². The predicted molar refractivity (Wildman–Crippen MR) is 50.6 cm³/mol. The zero-order valence-corrected chi connectivity index (χ0v) is 7.71. The van der Waals surface area contributed by atoms with Crippen LogP contribution in [-0.4, -0.2) is 27.3 Å². The van der Waals surface area contributed by atoms with E-state index in [1.54, 1.807) is 7.11 Å². The van der Waals surface area contributed by atoms with Gasteiger partial charge in [-0.2, -0.15) is 5.10 Å². The molecule has 2 aromatic rings. The number of hydrogen-bond acceptors (Lipinski definition) is 4. The first-order valence-corrected chi connectivity index (χ1v) is 4.05. The molecule has 0 atom stereocenters. The highest BCUT2D eigenvalue weighted by molar-refractivity contribution is 5.55. The zero-order chi connectivity index (χ0) is 9.97. The van der Waals surface area contributed by atoms with Gasteiger partial charge >= 0.3 is 0 Å². The smallest absolute Gasteiger partial charge is 0.202 e. The standard InChI is InChI=1S/C9H9N4O/c1-13-11-9(10-12-13)7-3-5-8(14-2)6-4-7/h3-6H,1H2,2H3/q-1. The van der Waals surface area contributed by atoms with E-state index in [4.69, 9.17) is 4.74 Å². The van der Waals surface area contributed by atoms with E-state index >= 15 is 0 Å². The Balaban J connectivity index is 2.33. The van der Waals surface area contributed by atoms with E-state index in [1.807, 2.05) is 24.3 Å². The summed E-state index contributed by atoms with van der Waals surface area (Å²) < 4.78 is 5.04. The Morgan fingerprint density at radius 3 is 2.50 bits per heavy atom. The highest BCUT2D eigenvalue weighted by Crippen LogP contribution is 2.17. The number of tetrazole rings is 1. The van der Waals surface area contributed by atoms with Gasteiger partial charge in [-0.1, -0.05) is 5.21 Å². The molecule has 0 aliphatic rings. The van der Waals surface area contributed by atoms with E-state index < -0.39 is 0 Å². The van der Waals surface area contributed by atoms with Gasteiger partial charge in [0.1, 0.15) is 5.75 Å². The quantitative estimate of drug-likeness (QED) is 0.661. The van der Waals surface area contributed by atoms with Gasteiger partial charge in [0.25, 0.3) is 0 Å².